The Bertz CT molecular complexity index is 756. The highest BCUT2D eigenvalue weighted by atomic mass is 16.3. The van der Waals surface area contributed by atoms with Gasteiger partial charge in [0.15, 0.2) is 0 Å². The lowest BCUT2D eigenvalue weighted by Crippen LogP contribution is -2.41. The largest absolute Gasteiger partial charge is 0.393 e. The number of carbonyl (C=O) groups excluding carboxylic acids is 1. The third-order valence-electron chi connectivity index (χ3n) is 5.92. The quantitative estimate of drug-likeness (QED) is 0.766. The predicted octanol–water partition coefficient (Wildman–Crippen LogP) is 2.43. The molecule has 2 aromatic heterocycles. The number of hydrogen-bond acceptors (Lipinski definition) is 4. The molecule has 26 heavy (non-hydrogen) atoms. The highest BCUT2D eigenvalue weighted by Gasteiger charge is 2.37. The number of aromatic amines is 1. The van der Waals surface area contributed by atoms with E-state index in [2.05, 4.69) is 20.6 Å². The van der Waals surface area contributed by atoms with E-state index in [1.165, 1.54) is 19.3 Å². The van der Waals surface area contributed by atoms with E-state index in [4.69, 9.17) is 0 Å². The summed E-state index contributed by atoms with van der Waals surface area (Å²) in [5, 5.41) is 24.4. The Hall–Kier alpha value is -2.15. The maximum atomic E-state index is 13.0. The number of aryl methyl sites for hydroxylation is 1. The van der Waals surface area contributed by atoms with Crippen LogP contribution in [0.2, 0.25) is 0 Å². The van der Waals surface area contributed by atoms with Gasteiger partial charge < -0.3 is 10.4 Å². The van der Waals surface area contributed by atoms with Crippen LogP contribution in [-0.4, -0.2) is 37.1 Å². The van der Waals surface area contributed by atoms with Crippen molar-refractivity contribution in [1.29, 1.82) is 0 Å². The molecule has 2 saturated carbocycles. The van der Waals surface area contributed by atoms with Crippen molar-refractivity contribution >= 4 is 5.91 Å². The summed E-state index contributed by atoms with van der Waals surface area (Å²) >= 11 is 0. The van der Waals surface area contributed by atoms with Gasteiger partial charge in [-0.3, -0.25) is 14.6 Å². The van der Waals surface area contributed by atoms with Crippen LogP contribution in [0.4, 0.5) is 0 Å². The molecule has 2 heterocycles. The van der Waals surface area contributed by atoms with E-state index in [1.807, 2.05) is 13.2 Å². The summed E-state index contributed by atoms with van der Waals surface area (Å²) in [5.41, 5.74) is 2.62. The summed E-state index contributed by atoms with van der Waals surface area (Å²) < 4.78 is 1.74. The Morgan fingerprint density at radius 2 is 2.08 bits per heavy atom. The minimum absolute atomic E-state index is 0.0884. The van der Waals surface area contributed by atoms with Crippen LogP contribution in [0.1, 0.15) is 78.5 Å². The van der Waals surface area contributed by atoms with E-state index in [-0.39, 0.29) is 24.0 Å². The molecule has 0 unspecified atom stereocenters. The van der Waals surface area contributed by atoms with E-state index in [0.29, 0.717) is 24.3 Å². The molecular formula is C19H27N5O2. The molecule has 2 aromatic rings. The van der Waals surface area contributed by atoms with E-state index < -0.39 is 0 Å². The van der Waals surface area contributed by atoms with Gasteiger partial charge >= 0.3 is 0 Å². The lowest BCUT2D eigenvalue weighted by Gasteiger charge is -2.37. The van der Waals surface area contributed by atoms with Crippen LogP contribution in [0.25, 0.3) is 0 Å². The molecule has 7 nitrogen and oxygen atoms in total. The molecule has 140 valence electrons. The van der Waals surface area contributed by atoms with Gasteiger partial charge in [0.25, 0.3) is 5.91 Å². The van der Waals surface area contributed by atoms with Crippen LogP contribution in [0, 0.1) is 5.92 Å². The third kappa shape index (κ3) is 3.40. The molecular weight excluding hydrogens is 330 g/mol. The van der Waals surface area contributed by atoms with Crippen molar-refractivity contribution in [3.63, 3.8) is 0 Å². The number of nitrogens with one attached hydrogen (secondary N) is 2. The predicted molar refractivity (Wildman–Crippen MR) is 96.6 cm³/mol. The van der Waals surface area contributed by atoms with Gasteiger partial charge in [-0.25, -0.2) is 0 Å². The van der Waals surface area contributed by atoms with Crippen molar-refractivity contribution in [3.05, 3.63) is 35.4 Å². The second kappa shape index (κ2) is 7.23. The smallest absolute Gasteiger partial charge is 0.255 e. The van der Waals surface area contributed by atoms with Crippen molar-refractivity contribution in [2.24, 2.45) is 13.0 Å². The second-order valence-electron chi connectivity index (χ2n) is 7.82. The fourth-order valence-corrected chi connectivity index (χ4v) is 4.37. The van der Waals surface area contributed by atoms with E-state index in [1.54, 1.807) is 17.1 Å². The van der Waals surface area contributed by atoms with E-state index in [0.717, 1.165) is 24.1 Å². The summed E-state index contributed by atoms with van der Waals surface area (Å²) in [7, 11) is 1.87. The zero-order chi connectivity index (χ0) is 18.1. The molecule has 2 fully saturated rings. The van der Waals surface area contributed by atoms with Gasteiger partial charge in [-0.2, -0.15) is 10.2 Å². The topological polar surface area (TPSA) is 95.8 Å². The lowest BCUT2D eigenvalue weighted by atomic mass is 9.75. The summed E-state index contributed by atoms with van der Waals surface area (Å²) in [6, 6.07) is -0.131. The van der Waals surface area contributed by atoms with Gasteiger partial charge in [-0.05, 0) is 31.6 Å². The number of aliphatic hydroxyl groups is 1. The molecule has 7 heteroatoms. The number of hydrogen-bond donors (Lipinski definition) is 3. The second-order valence-corrected chi connectivity index (χ2v) is 7.82. The number of amides is 1. The Labute approximate surface area is 153 Å². The number of aromatic nitrogens is 4. The first-order chi connectivity index (χ1) is 12.6. The van der Waals surface area contributed by atoms with Crippen LogP contribution in [-0.2, 0) is 7.05 Å². The van der Waals surface area contributed by atoms with Crippen molar-refractivity contribution in [1.82, 2.24) is 25.3 Å². The van der Waals surface area contributed by atoms with Crippen LogP contribution in [0.15, 0.2) is 18.6 Å². The fourth-order valence-electron chi connectivity index (χ4n) is 4.37. The van der Waals surface area contributed by atoms with Crippen molar-refractivity contribution in [2.75, 3.05) is 0 Å². The first-order valence-electron chi connectivity index (χ1n) is 9.62. The number of H-pyrrole nitrogens is 1. The van der Waals surface area contributed by atoms with Gasteiger partial charge in [-0.15, -0.1) is 0 Å². The maximum absolute atomic E-state index is 13.0. The molecule has 2 aliphatic rings. The summed E-state index contributed by atoms with van der Waals surface area (Å²) in [6.07, 6.45) is 12.5. The van der Waals surface area contributed by atoms with Gasteiger partial charge in [0.2, 0.25) is 0 Å². The normalized spacial score (nSPS) is 24.8. The molecule has 2 aliphatic carbocycles. The molecule has 0 spiro atoms. The highest BCUT2D eigenvalue weighted by molar-refractivity contribution is 5.95. The van der Waals surface area contributed by atoms with Crippen molar-refractivity contribution < 1.29 is 9.90 Å². The first-order valence-corrected chi connectivity index (χ1v) is 9.62. The molecule has 0 aromatic carbocycles. The van der Waals surface area contributed by atoms with Crippen molar-refractivity contribution in [2.45, 2.75) is 63.0 Å². The number of carbonyl (C=O) groups is 1. The Morgan fingerprint density at radius 1 is 1.31 bits per heavy atom. The molecule has 1 atom stereocenters. The molecule has 1 amide bonds. The Morgan fingerprint density at radius 3 is 2.73 bits per heavy atom. The molecule has 0 bridgehead atoms. The van der Waals surface area contributed by atoms with Gasteiger partial charge in [0.1, 0.15) is 0 Å². The SMILES string of the molecule is Cn1cc([C@@H](NC(=O)c2cn[nH]c2C2CCCCC2)C2CC(O)C2)cn1. The zero-order valence-corrected chi connectivity index (χ0v) is 15.2. The van der Waals surface area contributed by atoms with E-state index >= 15 is 0 Å². The van der Waals surface area contributed by atoms with Gasteiger partial charge in [0, 0.05) is 24.7 Å². The van der Waals surface area contributed by atoms with Crippen LogP contribution >= 0.6 is 0 Å². The van der Waals surface area contributed by atoms with Crippen LogP contribution in [0.5, 0.6) is 0 Å². The molecule has 0 aliphatic heterocycles. The molecule has 0 saturated heterocycles. The van der Waals surface area contributed by atoms with Gasteiger partial charge in [0.05, 0.1) is 35.8 Å². The van der Waals surface area contributed by atoms with Crippen molar-refractivity contribution in [3.8, 4) is 0 Å². The minimum Gasteiger partial charge on any atom is -0.393 e. The number of nitrogens with zero attached hydrogens (tertiary/aromatic N) is 3. The monoisotopic (exact) mass is 357 g/mol. The Balaban J connectivity index is 1.52. The summed E-state index contributed by atoms with van der Waals surface area (Å²) in [6.45, 7) is 0. The zero-order valence-electron chi connectivity index (χ0n) is 15.2. The van der Waals surface area contributed by atoms with E-state index in [9.17, 15) is 9.90 Å². The highest BCUT2D eigenvalue weighted by Crippen LogP contribution is 2.38. The Kier molecular flexibility index (Phi) is 4.80. The lowest BCUT2D eigenvalue weighted by molar-refractivity contribution is 0.0235. The van der Waals surface area contributed by atoms with Gasteiger partial charge in [-0.1, -0.05) is 19.3 Å². The molecule has 4 rings (SSSR count). The van der Waals surface area contributed by atoms with Crippen LogP contribution < -0.4 is 5.32 Å². The van der Waals surface area contributed by atoms with Crippen LogP contribution in [0.3, 0.4) is 0 Å². The summed E-state index contributed by atoms with van der Waals surface area (Å²) in [4.78, 5) is 13.0. The third-order valence-corrected chi connectivity index (χ3v) is 5.92. The molecule has 0 radical (unpaired) electrons. The first kappa shape index (κ1) is 17.3. The molecule has 3 N–H and O–H groups in total. The average molecular weight is 357 g/mol. The fraction of sp³-hybridized carbons (Fsp3) is 0.632. The number of aliphatic hydroxyl groups excluding tert-OH is 1. The minimum atomic E-state index is -0.261. The maximum Gasteiger partial charge on any atom is 0.255 e. The standard InChI is InChI=1S/C19H27N5O2/c1-24-11-14(9-21-24)17(13-7-15(25)8-13)22-19(26)16-10-20-23-18(16)12-5-3-2-4-6-12/h9-13,15,17,25H,2-8H2,1H3,(H,20,23)(H,22,26)/t13?,15?,17-/m0/s1. The number of rotatable bonds is 5. The summed E-state index contributed by atoms with van der Waals surface area (Å²) in [5.74, 6) is 0.548. The average Bonchev–Trinajstić information content (AvgIpc) is 3.27.